The molecule has 0 amide bonds. The van der Waals surface area contributed by atoms with Gasteiger partial charge in [0.05, 0.1) is 10.0 Å². The molecule has 78 valence electrons. The van der Waals surface area contributed by atoms with Crippen molar-refractivity contribution in [3.05, 3.63) is 25.9 Å². The Hall–Kier alpha value is 0.310. The van der Waals surface area contributed by atoms with Crippen LogP contribution in [0.5, 0.6) is 0 Å². The maximum Gasteiger partial charge on any atom is 0.149 e. The van der Waals surface area contributed by atoms with Crippen LogP contribution in [0.4, 0.5) is 0 Å². The summed E-state index contributed by atoms with van der Waals surface area (Å²) in [6, 6.07) is 0. The maximum absolute atomic E-state index is 6.02. The second-order valence-corrected chi connectivity index (χ2v) is 5.42. The van der Waals surface area contributed by atoms with Crippen molar-refractivity contribution in [1.82, 2.24) is 4.98 Å². The Balaban J connectivity index is 3.56. The topological polar surface area (TPSA) is 12.9 Å². The van der Waals surface area contributed by atoms with E-state index in [2.05, 4.69) is 4.98 Å². The molecule has 0 aromatic carbocycles. The Morgan fingerprint density at radius 3 is 1.50 bits per heavy atom. The lowest BCUT2D eigenvalue weighted by molar-refractivity contribution is 0.590. The summed E-state index contributed by atoms with van der Waals surface area (Å²) in [6.07, 6.45) is 0. The van der Waals surface area contributed by atoms with Crippen molar-refractivity contribution >= 4 is 46.4 Å². The van der Waals surface area contributed by atoms with Crippen LogP contribution in [-0.4, -0.2) is 4.98 Å². The molecule has 5 heteroatoms. The van der Waals surface area contributed by atoms with Crippen LogP contribution < -0.4 is 0 Å². The molecule has 0 aliphatic carbocycles. The number of hydrogen-bond donors (Lipinski definition) is 0. The third-order valence-electron chi connectivity index (χ3n) is 1.75. The van der Waals surface area contributed by atoms with E-state index in [1.54, 1.807) is 0 Å². The molecule has 1 aromatic heterocycles. The molecule has 0 spiro atoms. The number of nitrogens with zero attached hydrogens (tertiary/aromatic N) is 1. The molecule has 1 heterocycles. The van der Waals surface area contributed by atoms with Crippen LogP contribution >= 0.6 is 46.4 Å². The van der Waals surface area contributed by atoms with Gasteiger partial charge in [0.1, 0.15) is 10.3 Å². The summed E-state index contributed by atoms with van der Waals surface area (Å²) in [5.74, 6) is 0. The Bertz CT molecular complexity index is 342. The second-order valence-electron chi connectivity index (χ2n) is 3.95. The number of pyridine rings is 1. The van der Waals surface area contributed by atoms with Gasteiger partial charge in [0.15, 0.2) is 0 Å². The Morgan fingerprint density at radius 1 is 0.857 bits per heavy atom. The Morgan fingerprint density at radius 2 is 1.21 bits per heavy atom. The number of halogens is 4. The van der Waals surface area contributed by atoms with E-state index >= 15 is 0 Å². The predicted octanol–water partition coefficient (Wildman–Crippen LogP) is 4.99. The van der Waals surface area contributed by atoms with Gasteiger partial charge < -0.3 is 0 Å². The van der Waals surface area contributed by atoms with Crippen LogP contribution in [0, 0.1) is 0 Å². The van der Waals surface area contributed by atoms with Crippen molar-refractivity contribution in [2.24, 2.45) is 0 Å². The molecule has 0 unspecified atom stereocenters. The largest absolute Gasteiger partial charge is 0.221 e. The van der Waals surface area contributed by atoms with E-state index in [0.717, 1.165) is 5.56 Å². The zero-order chi connectivity index (χ0) is 11.1. The van der Waals surface area contributed by atoms with Crippen LogP contribution in [0.1, 0.15) is 26.3 Å². The van der Waals surface area contributed by atoms with Crippen LogP contribution in [0.25, 0.3) is 0 Å². The highest BCUT2D eigenvalue weighted by Crippen LogP contribution is 2.41. The van der Waals surface area contributed by atoms with Gasteiger partial charge in [0, 0.05) is 5.56 Å². The van der Waals surface area contributed by atoms with Crippen molar-refractivity contribution in [3.8, 4) is 0 Å². The zero-order valence-electron chi connectivity index (χ0n) is 7.96. The molecule has 0 N–H and O–H groups in total. The van der Waals surface area contributed by atoms with Crippen molar-refractivity contribution < 1.29 is 0 Å². The minimum atomic E-state index is -0.218. The molecular weight excluding hydrogens is 264 g/mol. The molecule has 14 heavy (non-hydrogen) atoms. The fraction of sp³-hybridized carbons (Fsp3) is 0.444. The highest BCUT2D eigenvalue weighted by molar-refractivity contribution is 6.46. The summed E-state index contributed by atoms with van der Waals surface area (Å²) in [5.41, 5.74) is 0.510. The van der Waals surface area contributed by atoms with E-state index in [4.69, 9.17) is 46.4 Å². The number of hydrogen-bond acceptors (Lipinski definition) is 1. The minimum Gasteiger partial charge on any atom is -0.221 e. The first-order valence-corrected chi connectivity index (χ1v) is 5.47. The van der Waals surface area contributed by atoms with E-state index in [9.17, 15) is 0 Å². The minimum absolute atomic E-state index is 0.186. The first kappa shape index (κ1) is 12.4. The lowest BCUT2D eigenvalue weighted by atomic mass is 9.88. The Labute approximate surface area is 103 Å². The zero-order valence-corrected chi connectivity index (χ0v) is 11.0. The molecule has 0 aliphatic heterocycles. The number of aromatic nitrogens is 1. The van der Waals surface area contributed by atoms with Gasteiger partial charge in [-0.1, -0.05) is 67.2 Å². The molecule has 0 atom stereocenters. The average Bonchev–Trinajstić information content (AvgIpc) is 1.98. The summed E-state index contributed by atoms with van der Waals surface area (Å²) in [6.45, 7) is 5.94. The van der Waals surface area contributed by atoms with Gasteiger partial charge in [-0.05, 0) is 5.41 Å². The summed E-state index contributed by atoms with van der Waals surface area (Å²) < 4.78 is 0. The fourth-order valence-electron chi connectivity index (χ4n) is 1.15. The fourth-order valence-corrected chi connectivity index (χ4v) is 2.44. The lowest BCUT2D eigenvalue weighted by Crippen LogP contribution is -2.13. The SMILES string of the molecule is CC(C)(C)c1c(Cl)c(Cl)nc(Cl)c1Cl. The molecular formula is C9H9Cl4N. The van der Waals surface area contributed by atoms with Gasteiger partial charge in [0.2, 0.25) is 0 Å². The molecule has 0 aliphatic rings. The molecule has 1 aromatic rings. The Kier molecular flexibility index (Phi) is 3.58. The highest BCUT2D eigenvalue weighted by atomic mass is 35.5. The van der Waals surface area contributed by atoms with E-state index in [0.29, 0.717) is 10.0 Å². The van der Waals surface area contributed by atoms with Crippen LogP contribution in [0.3, 0.4) is 0 Å². The molecule has 0 radical (unpaired) electrons. The van der Waals surface area contributed by atoms with E-state index in [-0.39, 0.29) is 15.7 Å². The van der Waals surface area contributed by atoms with E-state index < -0.39 is 0 Å². The van der Waals surface area contributed by atoms with Crippen molar-refractivity contribution in [2.75, 3.05) is 0 Å². The van der Waals surface area contributed by atoms with Crippen molar-refractivity contribution in [3.63, 3.8) is 0 Å². The third kappa shape index (κ3) is 2.27. The normalized spacial score (nSPS) is 11.9. The molecule has 0 saturated heterocycles. The standard InChI is InChI=1S/C9H9Cl4N/c1-9(2,3)4-5(10)7(12)14-8(13)6(4)11/h1-3H3. The summed E-state index contributed by atoms with van der Waals surface area (Å²) in [7, 11) is 0. The molecule has 1 nitrogen and oxygen atoms in total. The summed E-state index contributed by atoms with van der Waals surface area (Å²) >= 11 is 23.7. The van der Waals surface area contributed by atoms with Gasteiger partial charge >= 0.3 is 0 Å². The first-order valence-electron chi connectivity index (χ1n) is 3.95. The molecule has 0 bridgehead atoms. The smallest absolute Gasteiger partial charge is 0.149 e. The van der Waals surface area contributed by atoms with Gasteiger partial charge in [-0.25, -0.2) is 4.98 Å². The molecule has 0 fully saturated rings. The van der Waals surface area contributed by atoms with Gasteiger partial charge in [-0.2, -0.15) is 0 Å². The summed E-state index contributed by atoms with van der Waals surface area (Å²) in [4.78, 5) is 3.81. The van der Waals surface area contributed by atoms with Crippen molar-refractivity contribution in [1.29, 1.82) is 0 Å². The van der Waals surface area contributed by atoms with Crippen molar-refractivity contribution in [2.45, 2.75) is 26.2 Å². The van der Waals surface area contributed by atoms with Gasteiger partial charge in [0.25, 0.3) is 0 Å². The molecule has 0 saturated carbocycles. The average molecular weight is 273 g/mol. The highest BCUT2D eigenvalue weighted by Gasteiger charge is 2.25. The quantitative estimate of drug-likeness (QED) is 0.606. The summed E-state index contributed by atoms with van der Waals surface area (Å²) in [5, 5.41) is 1.11. The van der Waals surface area contributed by atoms with Crippen LogP contribution in [-0.2, 0) is 5.41 Å². The lowest BCUT2D eigenvalue weighted by Gasteiger charge is -2.22. The van der Waals surface area contributed by atoms with Crippen LogP contribution in [0.15, 0.2) is 0 Å². The first-order chi connectivity index (χ1) is 6.25. The van der Waals surface area contributed by atoms with Gasteiger partial charge in [-0.3, -0.25) is 0 Å². The second kappa shape index (κ2) is 4.05. The number of rotatable bonds is 0. The third-order valence-corrected chi connectivity index (χ3v) is 3.22. The van der Waals surface area contributed by atoms with E-state index in [1.807, 2.05) is 20.8 Å². The van der Waals surface area contributed by atoms with E-state index in [1.165, 1.54) is 0 Å². The molecule has 1 rings (SSSR count). The van der Waals surface area contributed by atoms with Gasteiger partial charge in [-0.15, -0.1) is 0 Å². The predicted molar refractivity (Wildman–Crippen MR) is 63.0 cm³/mol. The van der Waals surface area contributed by atoms with Crippen LogP contribution in [0.2, 0.25) is 20.4 Å². The maximum atomic E-state index is 6.02. The monoisotopic (exact) mass is 271 g/mol.